The summed E-state index contributed by atoms with van der Waals surface area (Å²) in [7, 11) is -3.44. The Kier molecular flexibility index (Phi) is 27.2. The highest BCUT2D eigenvalue weighted by Gasteiger charge is 2.32. The molecule has 2 aromatic rings. The van der Waals surface area contributed by atoms with Gasteiger partial charge in [-0.3, -0.25) is 28.8 Å². The van der Waals surface area contributed by atoms with E-state index in [-0.39, 0.29) is 56.1 Å². The van der Waals surface area contributed by atoms with Gasteiger partial charge in [0.1, 0.15) is 40.0 Å². The third-order valence-electron chi connectivity index (χ3n) is 11.2. The summed E-state index contributed by atoms with van der Waals surface area (Å²) >= 11 is 0. The predicted octanol–water partition coefficient (Wildman–Crippen LogP) is 3.79. The number of aliphatic hydroxyl groups excluding tert-OH is 1. The molecule has 0 aliphatic rings. The van der Waals surface area contributed by atoms with Gasteiger partial charge >= 0.3 is 5.97 Å². The Bertz CT molecular complexity index is 1950. The summed E-state index contributed by atoms with van der Waals surface area (Å²) in [6.45, 7) is 5.14. The molecule has 0 unspecified atom stereocenters. The third kappa shape index (κ3) is 26.0. The number of nitrogens with two attached hydrogens (primary N) is 1. The number of carbonyl (C=O) groups is 7. The highest BCUT2D eigenvalue weighted by Crippen LogP contribution is 2.14. The number of aliphatic hydroxyl groups is 1. The van der Waals surface area contributed by atoms with E-state index in [2.05, 4.69) is 26.6 Å². The summed E-state index contributed by atoms with van der Waals surface area (Å²) in [5.74, 6) is -5.15. The Labute approximate surface area is 396 Å². The summed E-state index contributed by atoms with van der Waals surface area (Å²) < 4.78 is 23.7. The van der Waals surface area contributed by atoms with Crippen LogP contribution < -0.4 is 32.3 Å². The lowest BCUT2D eigenvalue weighted by molar-refractivity contribution is -0.142. The maximum Gasteiger partial charge on any atom is 0.326 e. The molecular weight excluding hydrogens is 881 g/mol. The highest BCUT2D eigenvalue weighted by molar-refractivity contribution is 7.90. The van der Waals surface area contributed by atoms with Crippen LogP contribution in [0.5, 0.6) is 0 Å². The number of aliphatic carboxylic acids is 1. The predicted molar refractivity (Wildman–Crippen MR) is 257 cm³/mol. The zero-order chi connectivity index (χ0) is 49.8. The standard InChI is InChI=1S/C49H76N6O11S/c1-34(2)31-40(47(61)52-39(45(50)59)32-36-23-17-15-18-24-36)53-48(62)44(35(3)56)55-43(58)28-22-14-12-10-8-6-5-7-9-11-13-21-27-42(57)51-38(29-30-67(4,65)66)46(60)54-41(49(63)64)33-37-25-19-16-20-26-37/h15-20,23-26,34-35,38-41,44,56H,5-14,21-22,27-33H2,1-4H3,(H2,50,59)(H,51,57)(H,52,61)(H,53,62)(H,54,60)(H,55,58)(H,63,64)/t35-,38+,39+,40+,41+,44+/m1/s1. The van der Waals surface area contributed by atoms with Crippen molar-refractivity contribution in [2.75, 3.05) is 12.0 Å². The average molecular weight is 957 g/mol. The number of carbonyl (C=O) groups excluding carboxylic acids is 6. The van der Waals surface area contributed by atoms with Crippen LogP contribution in [0.2, 0.25) is 0 Å². The van der Waals surface area contributed by atoms with Gasteiger partial charge in [0.25, 0.3) is 0 Å². The van der Waals surface area contributed by atoms with Crippen LogP contribution >= 0.6 is 0 Å². The molecule has 0 bridgehead atoms. The molecular formula is C49H76N6O11S. The molecule has 0 radical (unpaired) electrons. The van der Waals surface area contributed by atoms with Crippen molar-refractivity contribution in [3.8, 4) is 0 Å². The zero-order valence-corrected chi connectivity index (χ0v) is 40.6. The van der Waals surface area contributed by atoms with Crippen molar-refractivity contribution < 1.29 is 52.2 Å². The lowest BCUT2D eigenvalue weighted by atomic mass is 10.0. The summed E-state index contributed by atoms with van der Waals surface area (Å²) in [5, 5.41) is 33.1. The van der Waals surface area contributed by atoms with Crippen LogP contribution in [0, 0.1) is 5.92 Å². The maximum atomic E-state index is 13.3. The summed E-state index contributed by atoms with van der Waals surface area (Å²) in [6.07, 6.45) is 11.4. The molecule has 0 aromatic heterocycles. The van der Waals surface area contributed by atoms with Crippen molar-refractivity contribution >= 4 is 51.2 Å². The van der Waals surface area contributed by atoms with Crippen molar-refractivity contribution in [2.24, 2.45) is 11.7 Å². The van der Waals surface area contributed by atoms with Gasteiger partial charge in [-0.05, 0) is 49.7 Å². The summed E-state index contributed by atoms with van der Waals surface area (Å²) in [5.41, 5.74) is 7.09. The SMILES string of the molecule is CC(C)C[C@H](NC(=O)[C@@H](NC(=O)CCCCCCCCCCCCCCC(=O)N[C@@H](CCS(C)(=O)=O)C(=O)N[C@@H](Cc1ccccc1)C(=O)O)[C@@H](C)O)C(=O)N[C@@H](Cc1ccccc1)C(N)=O. The molecule has 0 saturated carbocycles. The molecule has 0 heterocycles. The molecule has 0 aliphatic heterocycles. The zero-order valence-electron chi connectivity index (χ0n) is 39.8. The number of hydrogen-bond donors (Lipinski definition) is 8. The van der Waals surface area contributed by atoms with Crippen LogP contribution in [0.3, 0.4) is 0 Å². The van der Waals surface area contributed by atoms with Gasteiger partial charge in [0.15, 0.2) is 0 Å². The smallest absolute Gasteiger partial charge is 0.326 e. The van der Waals surface area contributed by atoms with Gasteiger partial charge in [-0.25, -0.2) is 13.2 Å². The molecule has 17 nitrogen and oxygen atoms in total. The van der Waals surface area contributed by atoms with Crippen LogP contribution in [-0.4, -0.2) is 108 Å². The monoisotopic (exact) mass is 957 g/mol. The van der Waals surface area contributed by atoms with Gasteiger partial charge in [0, 0.05) is 31.9 Å². The van der Waals surface area contributed by atoms with Crippen LogP contribution in [-0.2, 0) is 56.2 Å². The van der Waals surface area contributed by atoms with E-state index in [0.29, 0.717) is 18.4 Å². The second kappa shape index (κ2) is 31.6. The molecule has 374 valence electrons. The van der Waals surface area contributed by atoms with Gasteiger partial charge in [-0.15, -0.1) is 0 Å². The number of hydrogen-bond acceptors (Lipinski definition) is 10. The molecule has 0 saturated heterocycles. The quantitative estimate of drug-likeness (QED) is 0.0460. The van der Waals surface area contributed by atoms with E-state index in [0.717, 1.165) is 76.0 Å². The van der Waals surface area contributed by atoms with E-state index in [9.17, 15) is 52.2 Å². The fourth-order valence-corrected chi connectivity index (χ4v) is 8.15. The molecule has 6 atom stereocenters. The van der Waals surface area contributed by atoms with Gasteiger partial charge in [-0.2, -0.15) is 0 Å². The van der Waals surface area contributed by atoms with Gasteiger partial charge in [-0.1, -0.05) is 139 Å². The number of primary amides is 1. The number of benzene rings is 2. The van der Waals surface area contributed by atoms with Crippen LogP contribution in [0.25, 0.3) is 0 Å². The second-order valence-electron chi connectivity index (χ2n) is 18.0. The number of rotatable bonds is 35. The lowest BCUT2D eigenvalue weighted by Crippen LogP contribution is -2.59. The van der Waals surface area contributed by atoms with Crippen molar-refractivity contribution in [1.29, 1.82) is 0 Å². The van der Waals surface area contributed by atoms with E-state index in [4.69, 9.17) is 5.73 Å². The van der Waals surface area contributed by atoms with Crippen molar-refractivity contribution in [3.05, 3.63) is 71.8 Å². The minimum absolute atomic E-state index is 0.00723. The van der Waals surface area contributed by atoms with Crippen LogP contribution in [0.15, 0.2) is 60.7 Å². The van der Waals surface area contributed by atoms with E-state index in [1.54, 1.807) is 30.3 Å². The van der Waals surface area contributed by atoms with Gasteiger partial charge in [0.05, 0.1) is 11.9 Å². The van der Waals surface area contributed by atoms with Crippen molar-refractivity contribution in [3.63, 3.8) is 0 Å². The molecule has 2 rings (SSSR count). The first kappa shape index (κ1) is 57.8. The Morgan fingerprint density at radius 1 is 0.552 bits per heavy atom. The first-order chi connectivity index (χ1) is 31.7. The number of unbranched alkanes of at least 4 members (excludes halogenated alkanes) is 11. The average Bonchev–Trinajstić information content (AvgIpc) is 3.26. The van der Waals surface area contributed by atoms with E-state index in [1.165, 1.54) is 6.92 Å². The number of nitrogens with one attached hydrogen (secondary N) is 5. The largest absolute Gasteiger partial charge is 0.480 e. The Morgan fingerprint density at radius 3 is 1.37 bits per heavy atom. The molecule has 0 spiro atoms. The molecule has 67 heavy (non-hydrogen) atoms. The van der Waals surface area contributed by atoms with Gasteiger partial charge in [0.2, 0.25) is 35.4 Å². The Balaban J connectivity index is 1.64. The first-order valence-corrected chi connectivity index (χ1v) is 25.8. The fourth-order valence-electron chi connectivity index (χ4n) is 7.49. The minimum Gasteiger partial charge on any atom is -0.480 e. The van der Waals surface area contributed by atoms with Crippen LogP contribution in [0.4, 0.5) is 0 Å². The molecule has 0 aliphatic carbocycles. The van der Waals surface area contributed by atoms with Gasteiger partial charge < -0.3 is 42.5 Å². The number of carboxylic acid groups (broad SMARTS) is 1. The van der Waals surface area contributed by atoms with E-state index in [1.807, 2.05) is 44.2 Å². The van der Waals surface area contributed by atoms with Crippen molar-refractivity contribution in [2.45, 2.75) is 173 Å². The van der Waals surface area contributed by atoms with Crippen molar-refractivity contribution in [1.82, 2.24) is 26.6 Å². The second-order valence-corrected chi connectivity index (χ2v) is 20.3. The fraction of sp³-hybridized carbons (Fsp3) is 0.612. The highest BCUT2D eigenvalue weighted by atomic mass is 32.2. The van der Waals surface area contributed by atoms with E-state index < -0.39 is 81.7 Å². The molecule has 2 aromatic carbocycles. The molecule has 18 heteroatoms. The van der Waals surface area contributed by atoms with Crippen LogP contribution in [0.1, 0.15) is 135 Å². The summed E-state index contributed by atoms with van der Waals surface area (Å²) in [6, 6.07) is 12.1. The van der Waals surface area contributed by atoms with E-state index >= 15 is 0 Å². The molecule has 9 N–H and O–H groups in total. The number of carboxylic acids is 1. The third-order valence-corrected chi connectivity index (χ3v) is 12.2. The number of sulfone groups is 1. The minimum atomic E-state index is -3.44. The summed E-state index contributed by atoms with van der Waals surface area (Å²) in [4.78, 5) is 89.3. The molecule has 0 fully saturated rings. The topological polar surface area (TPSA) is 280 Å². The lowest BCUT2D eigenvalue weighted by Gasteiger charge is -2.26. The number of amides is 6. The first-order valence-electron chi connectivity index (χ1n) is 23.7. The Hall–Kier alpha value is -5.36. The Morgan fingerprint density at radius 2 is 0.955 bits per heavy atom. The normalized spacial score (nSPS) is 14.1. The maximum absolute atomic E-state index is 13.3. The molecule has 6 amide bonds.